The summed E-state index contributed by atoms with van der Waals surface area (Å²) < 4.78 is 12.2. The lowest BCUT2D eigenvalue weighted by atomic mass is 9.59. The molecule has 0 amide bonds. The summed E-state index contributed by atoms with van der Waals surface area (Å²) in [6, 6.07) is 0. The second-order valence-electron chi connectivity index (χ2n) is 8.49. The monoisotopic (exact) mass is 318 g/mol. The Morgan fingerprint density at radius 3 is 2.65 bits per heavy atom. The van der Waals surface area contributed by atoms with Gasteiger partial charge in [0.1, 0.15) is 0 Å². The van der Waals surface area contributed by atoms with Crippen LogP contribution in [-0.2, 0) is 9.47 Å². The SMILES string of the molecule is CC(C)[C@H]1CC[C@@]2(C)[C@@H]1[C@H]1C=CCCC3(OCCO3)C1=C[C@H]2O. The van der Waals surface area contributed by atoms with Crippen LogP contribution in [0.3, 0.4) is 0 Å². The van der Waals surface area contributed by atoms with Crippen molar-refractivity contribution < 1.29 is 14.6 Å². The van der Waals surface area contributed by atoms with Gasteiger partial charge in [-0.1, -0.05) is 39.0 Å². The first-order valence-electron chi connectivity index (χ1n) is 9.33. The van der Waals surface area contributed by atoms with Crippen molar-refractivity contribution in [2.45, 2.75) is 58.3 Å². The summed E-state index contributed by atoms with van der Waals surface area (Å²) in [6.45, 7) is 8.28. The lowest BCUT2D eigenvalue weighted by Crippen LogP contribution is -2.49. The molecule has 4 rings (SSSR count). The van der Waals surface area contributed by atoms with E-state index in [1.165, 1.54) is 12.0 Å². The van der Waals surface area contributed by atoms with Crippen LogP contribution >= 0.6 is 0 Å². The molecule has 1 saturated carbocycles. The molecule has 23 heavy (non-hydrogen) atoms. The van der Waals surface area contributed by atoms with Gasteiger partial charge in [-0.05, 0) is 42.6 Å². The van der Waals surface area contributed by atoms with Gasteiger partial charge < -0.3 is 14.6 Å². The first kappa shape index (κ1) is 15.9. The van der Waals surface area contributed by atoms with E-state index < -0.39 is 11.9 Å². The molecule has 0 aromatic carbocycles. The molecule has 0 aromatic rings. The van der Waals surface area contributed by atoms with Crippen molar-refractivity contribution in [2.75, 3.05) is 13.2 Å². The summed E-state index contributed by atoms with van der Waals surface area (Å²) in [5.41, 5.74) is 1.18. The van der Waals surface area contributed by atoms with E-state index in [0.717, 1.165) is 19.3 Å². The number of ether oxygens (including phenoxy) is 2. The Bertz CT molecular complexity index is 529. The van der Waals surface area contributed by atoms with Crippen LogP contribution in [0.15, 0.2) is 23.8 Å². The molecule has 2 fully saturated rings. The van der Waals surface area contributed by atoms with Gasteiger partial charge in [0, 0.05) is 17.8 Å². The Labute approximate surface area is 139 Å². The predicted molar refractivity (Wildman–Crippen MR) is 89.7 cm³/mol. The first-order valence-corrected chi connectivity index (χ1v) is 9.33. The Kier molecular flexibility index (Phi) is 3.75. The average Bonchev–Trinajstić information content (AvgIpc) is 3.07. The fraction of sp³-hybridized carbons (Fsp3) is 0.800. The van der Waals surface area contributed by atoms with Gasteiger partial charge in [0.2, 0.25) is 0 Å². The van der Waals surface area contributed by atoms with Crippen LogP contribution in [0.25, 0.3) is 0 Å². The maximum atomic E-state index is 11.0. The van der Waals surface area contributed by atoms with Crippen LogP contribution in [0, 0.1) is 29.1 Å². The first-order chi connectivity index (χ1) is 11.0. The molecule has 0 radical (unpaired) electrons. The molecule has 3 aliphatic carbocycles. The fourth-order valence-electron chi connectivity index (χ4n) is 5.78. The third kappa shape index (κ3) is 2.20. The summed E-state index contributed by atoms with van der Waals surface area (Å²) in [5, 5.41) is 11.0. The van der Waals surface area contributed by atoms with E-state index in [4.69, 9.17) is 9.47 Å². The van der Waals surface area contributed by atoms with Gasteiger partial charge in [-0.2, -0.15) is 0 Å². The van der Waals surface area contributed by atoms with E-state index >= 15 is 0 Å². The lowest BCUT2D eigenvalue weighted by molar-refractivity contribution is -0.143. The molecule has 1 N–H and O–H groups in total. The molecule has 1 heterocycles. The largest absolute Gasteiger partial charge is 0.388 e. The molecular formula is C20H30O3. The predicted octanol–water partition coefficient (Wildman–Crippen LogP) is 3.69. The highest BCUT2D eigenvalue weighted by atomic mass is 16.7. The minimum Gasteiger partial charge on any atom is -0.388 e. The van der Waals surface area contributed by atoms with E-state index in [1.807, 2.05) is 0 Å². The zero-order valence-electron chi connectivity index (χ0n) is 14.6. The highest BCUT2D eigenvalue weighted by Crippen LogP contribution is 2.61. The number of aliphatic hydroxyl groups excluding tert-OH is 1. The number of aliphatic hydroxyl groups is 1. The van der Waals surface area contributed by atoms with Crippen molar-refractivity contribution in [1.82, 2.24) is 0 Å². The lowest BCUT2D eigenvalue weighted by Gasteiger charge is -2.49. The second kappa shape index (κ2) is 5.44. The Morgan fingerprint density at radius 2 is 1.96 bits per heavy atom. The van der Waals surface area contributed by atoms with Crippen LogP contribution in [0.5, 0.6) is 0 Å². The number of fused-ring (bicyclic) bond motifs is 4. The maximum Gasteiger partial charge on any atom is 0.191 e. The highest BCUT2D eigenvalue weighted by molar-refractivity contribution is 5.33. The van der Waals surface area contributed by atoms with Crippen LogP contribution in [-0.4, -0.2) is 30.2 Å². The van der Waals surface area contributed by atoms with Crippen LogP contribution in [0.1, 0.15) is 46.5 Å². The molecule has 3 nitrogen and oxygen atoms in total. The van der Waals surface area contributed by atoms with Gasteiger partial charge in [0.25, 0.3) is 0 Å². The maximum absolute atomic E-state index is 11.0. The Balaban J connectivity index is 1.82. The fourth-order valence-corrected chi connectivity index (χ4v) is 5.78. The zero-order chi connectivity index (χ0) is 16.2. The van der Waals surface area contributed by atoms with Gasteiger partial charge in [-0.3, -0.25) is 0 Å². The van der Waals surface area contributed by atoms with E-state index in [1.54, 1.807) is 0 Å². The molecule has 4 aliphatic rings. The molecule has 5 atom stereocenters. The second-order valence-corrected chi connectivity index (χ2v) is 8.49. The zero-order valence-corrected chi connectivity index (χ0v) is 14.6. The minimum absolute atomic E-state index is 0.0163. The van der Waals surface area contributed by atoms with E-state index in [-0.39, 0.29) is 5.41 Å². The molecule has 0 aromatic heterocycles. The van der Waals surface area contributed by atoms with Crippen molar-refractivity contribution in [3.05, 3.63) is 23.8 Å². The Hall–Kier alpha value is -0.640. The van der Waals surface area contributed by atoms with E-state index in [2.05, 4.69) is 39.0 Å². The average molecular weight is 318 g/mol. The summed E-state index contributed by atoms with van der Waals surface area (Å²) >= 11 is 0. The van der Waals surface area contributed by atoms with E-state index in [0.29, 0.717) is 36.9 Å². The van der Waals surface area contributed by atoms with Crippen molar-refractivity contribution in [3.8, 4) is 0 Å². The summed E-state index contributed by atoms with van der Waals surface area (Å²) in [4.78, 5) is 0. The molecule has 1 spiro atoms. The van der Waals surface area contributed by atoms with Gasteiger partial charge in [0.15, 0.2) is 5.79 Å². The van der Waals surface area contributed by atoms with Gasteiger partial charge in [-0.25, -0.2) is 0 Å². The van der Waals surface area contributed by atoms with Crippen molar-refractivity contribution in [2.24, 2.45) is 29.1 Å². The minimum atomic E-state index is -0.583. The van der Waals surface area contributed by atoms with Gasteiger partial charge >= 0.3 is 0 Å². The topological polar surface area (TPSA) is 38.7 Å². The molecule has 1 aliphatic heterocycles. The molecule has 3 heteroatoms. The normalized spacial score (nSPS) is 45.0. The van der Waals surface area contributed by atoms with Crippen molar-refractivity contribution in [3.63, 3.8) is 0 Å². The summed E-state index contributed by atoms with van der Waals surface area (Å²) in [5.74, 6) is 1.55. The van der Waals surface area contributed by atoms with E-state index in [9.17, 15) is 5.11 Å². The number of rotatable bonds is 1. The van der Waals surface area contributed by atoms with Gasteiger partial charge in [-0.15, -0.1) is 0 Å². The highest BCUT2D eigenvalue weighted by Gasteiger charge is 2.58. The third-order valence-electron chi connectivity index (χ3n) is 7.03. The van der Waals surface area contributed by atoms with Crippen molar-refractivity contribution >= 4 is 0 Å². The smallest absolute Gasteiger partial charge is 0.191 e. The molecule has 1 saturated heterocycles. The molecule has 0 bridgehead atoms. The van der Waals surface area contributed by atoms with Gasteiger partial charge in [0.05, 0.1) is 19.3 Å². The summed E-state index contributed by atoms with van der Waals surface area (Å²) in [7, 11) is 0. The summed E-state index contributed by atoms with van der Waals surface area (Å²) in [6.07, 6.45) is 10.6. The number of hydrogen-bond donors (Lipinski definition) is 1. The number of hydrogen-bond acceptors (Lipinski definition) is 3. The number of allylic oxidation sites excluding steroid dienone is 2. The standard InChI is InChI=1S/C20H30O3/c1-13(2)14-7-9-19(3)17(21)12-16-15(18(14)19)6-4-5-8-20(16)22-10-11-23-20/h4,6,12-15,17-18,21H,5,7-11H2,1-3H3/t14-,15+,17-,18+,19-/m1/s1. The van der Waals surface area contributed by atoms with Crippen molar-refractivity contribution in [1.29, 1.82) is 0 Å². The molecular weight excluding hydrogens is 288 g/mol. The quantitative estimate of drug-likeness (QED) is 0.750. The molecule has 128 valence electrons. The van der Waals surface area contributed by atoms with Crippen LogP contribution < -0.4 is 0 Å². The Morgan fingerprint density at radius 1 is 1.22 bits per heavy atom. The van der Waals surface area contributed by atoms with Crippen LogP contribution in [0.2, 0.25) is 0 Å². The van der Waals surface area contributed by atoms with Crippen LogP contribution in [0.4, 0.5) is 0 Å². The third-order valence-corrected chi connectivity index (χ3v) is 7.03. The molecule has 0 unspecified atom stereocenters.